The second-order valence-electron chi connectivity index (χ2n) is 5.85. The van der Waals surface area contributed by atoms with Crippen molar-refractivity contribution in [3.05, 3.63) is 81.4 Å². The summed E-state index contributed by atoms with van der Waals surface area (Å²) in [6.07, 6.45) is 3.60. The van der Waals surface area contributed by atoms with E-state index in [1.165, 1.54) is 0 Å². The number of nitrogens with zero attached hydrogens (tertiary/aromatic N) is 2. The van der Waals surface area contributed by atoms with Crippen LogP contribution in [0.4, 0.5) is 5.82 Å². The molecule has 0 aliphatic heterocycles. The van der Waals surface area contributed by atoms with Gasteiger partial charge in [0.05, 0.1) is 16.1 Å². The molecule has 0 aliphatic carbocycles. The van der Waals surface area contributed by atoms with E-state index in [4.69, 9.17) is 0 Å². The zero-order chi connectivity index (χ0) is 17.8. The highest BCUT2D eigenvalue weighted by atomic mass is 32.1. The Morgan fingerprint density at radius 1 is 1.08 bits per heavy atom. The van der Waals surface area contributed by atoms with Crippen LogP contribution >= 0.6 is 11.3 Å². The van der Waals surface area contributed by atoms with Crippen LogP contribution in [0.15, 0.2) is 49.3 Å². The van der Waals surface area contributed by atoms with E-state index in [0.717, 1.165) is 43.7 Å². The van der Waals surface area contributed by atoms with Crippen LogP contribution in [0.25, 0.3) is 5.70 Å². The maximum Gasteiger partial charge on any atom is 0.130 e. The molecule has 0 radical (unpaired) electrons. The van der Waals surface area contributed by atoms with Crippen LogP contribution in [0.5, 0.6) is 0 Å². The fraction of sp³-hybridized carbons (Fsp3) is 0.143. The minimum Gasteiger partial charge on any atom is -0.340 e. The molecular formula is C21H19N3S. The number of hydrogen-bond acceptors (Lipinski definition) is 4. The van der Waals surface area contributed by atoms with Gasteiger partial charge in [-0.05, 0) is 61.6 Å². The van der Waals surface area contributed by atoms with Crippen molar-refractivity contribution >= 4 is 22.9 Å². The zero-order valence-corrected chi connectivity index (χ0v) is 15.4. The predicted octanol–water partition coefficient (Wildman–Crippen LogP) is 4.95. The van der Waals surface area contributed by atoms with Gasteiger partial charge in [-0.1, -0.05) is 24.6 Å². The molecule has 3 rings (SSSR count). The number of pyridine rings is 1. The third kappa shape index (κ3) is 4.34. The van der Waals surface area contributed by atoms with E-state index in [1.807, 2.05) is 38.2 Å². The summed E-state index contributed by atoms with van der Waals surface area (Å²) in [5.74, 6) is 7.23. The largest absolute Gasteiger partial charge is 0.340 e. The van der Waals surface area contributed by atoms with Crippen LogP contribution in [0.2, 0.25) is 0 Å². The van der Waals surface area contributed by atoms with Gasteiger partial charge in [-0.15, -0.1) is 11.3 Å². The Labute approximate surface area is 152 Å². The van der Waals surface area contributed by atoms with Crippen LogP contribution in [0, 0.1) is 32.6 Å². The van der Waals surface area contributed by atoms with Gasteiger partial charge in [0, 0.05) is 17.5 Å². The van der Waals surface area contributed by atoms with Crippen LogP contribution in [0.3, 0.4) is 0 Å². The van der Waals surface area contributed by atoms with Crippen molar-refractivity contribution in [2.45, 2.75) is 20.8 Å². The van der Waals surface area contributed by atoms with E-state index in [-0.39, 0.29) is 0 Å². The molecule has 0 amide bonds. The highest BCUT2D eigenvalue weighted by molar-refractivity contribution is 7.12. The Kier molecular flexibility index (Phi) is 4.97. The van der Waals surface area contributed by atoms with Crippen molar-refractivity contribution in [2.24, 2.45) is 0 Å². The van der Waals surface area contributed by atoms with Crippen molar-refractivity contribution in [3.8, 4) is 11.8 Å². The average molecular weight is 345 g/mol. The first-order valence-electron chi connectivity index (χ1n) is 7.95. The molecule has 0 atom stereocenters. The van der Waals surface area contributed by atoms with Gasteiger partial charge in [0.25, 0.3) is 0 Å². The molecule has 1 N–H and O–H groups in total. The third-order valence-corrected chi connectivity index (χ3v) is 4.55. The molecule has 0 bridgehead atoms. The molecule has 0 saturated heterocycles. The van der Waals surface area contributed by atoms with Crippen LogP contribution in [0.1, 0.15) is 32.1 Å². The van der Waals surface area contributed by atoms with Gasteiger partial charge in [0.1, 0.15) is 5.82 Å². The Morgan fingerprint density at radius 3 is 2.64 bits per heavy atom. The first-order valence-corrected chi connectivity index (χ1v) is 8.77. The summed E-state index contributed by atoms with van der Waals surface area (Å²) in [6.45, 7) is 10.2. The number of hydrogen-bond donors (Lipinski definition) is 1. The highest BCUT2D eigenvalue weighted by Crippen LogP contribution is 2.19. The number of benzene rings is 1. The van der Waals surface area contributed by atoms with Gasteiger partial charge in [-0.3, -0.25) is 0 Å². The second-order valence-corrected chi connectivity index (χ2v) is 7.08. The van der Waals surface area contributed by atoms with Gasteiger partial charge < -0.3 is 5.32 Å². The lowest BCUT2D eigenvalue weighted by atomic mass is 10.0. The van der Waals surface area contributed by atoms with Crippen LogP contribution in [-0.2, 0) is 0 Å². The molecule has 2 heterocycles. The smallest absolute Gasteiger partial charge is 0.130 e. The maximum atomic E-state index is 4.32. The maximum absolute atomic E-state index is 4.32. The van der Waals surface area contributed by atoms with E-state index < -0.39 is 0 Å². The van der Waals surface area contributed by atoms with Gasteiger partial charge in [0.2, 0.25) is 0 Å². The average Bonchev–Trinajstić information content (AvgIpc) is 2.99. The number of nitrogens with one attached hydrogen (secondary N) is 1. The number of rotatable bonds is 3. The lowest BCUT2D eigenvalue weighted by molar-refractivity contribution is 1.27. The summed E-state index contributed by atoms with van der Waals surface area (Å²) in [7, 11) is 0. The Bertz CT molecular complexity index is 990. The lowest BCUT2D eigenvalue weighted by Crippen LogP contribution is -2.00. The van der Waals surface area contributed by atoms with E-state index in [1.54, 1.807) is 17.5 Å². The molecular weight excluding hydrogens is 326 g/mol. The summed E-state index contributed by atoms with van der Waals surface area (Å²) in [5, 5.41) is 4.29. The SMILES string of the molecule is C=C(Nc1cc(C)ccn1)c1ccc(C)c(C#Cc2cnc(C)s2)c1. The van der Waals surface area contributed by atoms with Crippen molar-refractivity contribution in [3.63, 3.8) is 0 Å². The van der Waals surface area contributed by atoms with Crippen LogP contribution in [-0.4, -0.2) is 9.97 Å². The zero-order valence-electron chi connectivity index (χ0n) is 14.6. The summed E-state index contributed by atoms with van der Waals surface area (Å²) in [6, 6.07) is 10.1. The molecule has 0 aliphatic rings. The topological polar surface area (TPSA) is 37.8 Å². The number of anilines is 1. The first kappa shape index (κ1) is 16.9. The van der Waals surface area contributed by atoms with E-state index in [0.29, 0.717) is 0 Å². The Hall–Kier alpha value is -2.90. The van der Waals surface area contributed by atoms with E-state index >= 15 is 0 Å². The van der Waals surface area contributed by atoms with Gasteiger partial charge in [-0.2, -0.15) is 0 Å². The summed E-state index contributed by atoms with van der Waals surface area (Å²) in [4.78, 5) is 9.53. The summed E-state index contributed by atoms with van der Waals surface area (Å²) >= 11 is 1.60. The van der Waals surface area contributed by atoms with Crippen molar-refractivity contribution in [2.75, 3.05) is 5.32 Å². The minimum atomic E-state index is 0.790. The third-order valence-electron chi connectivity index (χ3n) is 3.72. The molecule has 0 unspecified atom stereocenters. The van der Waals surface area contributed by atoms with Gasteiger partial charge >= 0.3 is 0 Å². The fourth-order valence-electron chi connectivity index (χ4n) is 2.32. The van der Waals surface area contributed by atoms with Crippen molar-refractivity contribution < 1.29 is 0 Å². The Morgan fingerprint density at radius 2 is 1.92 bits per heavy atom. The molecule has 1 aromatic carbocycles. The minimum absolute atomic E-state index is 0.790. The number of aromatic nitrogens is 2. The summed E-state index contributed by atoms with van der Waals surface area (Å²) < 4.78 is 0. The normalized spacial score (nSPS) is 10.0. The summed E-state index contributed by atoms with van der Waals surface area (Å²) in [5.41, 5.74) is 5.08. The molecule has 0 spiro atoms. The molecule has 3 nitrogen and oxygen atoms in total. The quantitative estimate of drug-likeness (QED) is 0.683. The molecule has 124 valence electrons. The number of thiazole rings is 1. The lowest BCUT2D eigenvalue weighted by Gasteiger charge is -2.11. The highest BCUT2D eigenvalue weighted by Gasteiger charge is 2.04. The molecule has 0 fully saturated rings. The number of aryl methyl sites for hydroxylation is 3. The van der Waals surface area contributed by atoms with Crippen molar-refractivity contribution in [1.29, 1.82) is 0 Å². The van der Waals surface area contributed by atoms with Gasteiger partial charge in [0.15, 0.2) is 0 Å². The molecule has 4 heteroatoms. The van der Waals surface area contributed by atoms with E-state index in [2.05, 4.69) is 52.8 Å². The van der Waals surface area contributed by atoms with E-state index in [9.17, 15) is 0 Å². The predicted molar refractivity (Wildman–Crippen MR) is 106 cm³/mol. The first-order chi connectivity index (χ1) is 12.0. The Balaban J connectivity index is 1.83. The van der Waals surface area contributed by atoms with Gasteiger partial charge in [-0.25, -0.2) is 9.97 Å². The van der Waals surface area contributed by atoms with Crippen LogP contribution < -0.4 is 5.32 Å². The second kappa shape index (κ2) is 7.33. The van der Waals surface area contributed by atoms with Crippen molar-refractivity contribution in [1.82, 2.24) is 9.97 Å². The molecule has 2 aromatic heterocycles. The molecule has 3 aromatic rings. The molecule has 0 saturated carbocycles. The monoisotopic (exact) mass is 345 g/mol. The molecule has 25 heavy (non-hydrogen) atoms. The fourth-order valence-corrected chi connectivity index (χ4v) is 2.95. The standard InChI is InChI=1S/C21H19N3S/c1-14-9-10-22-21(11-14)24-16(3)19-6-5-15(2)18(12-19)7-8-20-13-23-17(4)25-20/h5-6,9-13H,3H2,1-2,4H3,(H,22,24).